The van der Waals surface area contributed by atoms with E-state index in [1.54, 1.807) is 13.3 Å². The number of halogens is 1. The minimum atomic E-state index is -0.555. The first-order valence-electron chi connectivity index (χ1n) is 8.86. The van der Waals surface area contributed by atoms with Crippen LogP contribution in [0.25, 0.3) is 0 Å². The van der Waals surface area contributed by atoms with E-state index in [0.717, 1.165) is 44.3 Å². The monoisotopic (exact) mass is 478 g/mol. The number of nitrogens with zero attached hydrogens (tertiary/aromatic N) is 1. The summed E-state index contributed by atoms with van der Waals surface area (Å²) < 4.78 is 10.8. The Kier molecular flexibility index (Phi) is 10.0. The fraction of sp³-hybridized carbons (Fsp3) is 0.667. The van der Waals surface area contributed by atoms with Crippen LogP contribution < -0.4 is 16.0 Å². The molecule has 1 aromatic heterocycles. The van der Waals surface area contributed by atoms with Crippen molar-refractivity contribution in [1.29, 1.82) is 0 Å². The van der Waals surface area contributed by atoms with Gasteiger partial charge in [-0.2, -0.15) is 0 Å². The van der Waals surface area contributed by atoms with E-state index in [0.29, 0.717) is 19.0 Å². The molecule has 1 atom stereocenters. The van der Waals surface area contributed by atoms with Crippen molar-refractivity contribution in [2.24, 2.45) is 16.3 Å². The van der Waals surface area contributed by atoms with Crippen LogP contribution in [0.2, 0.25) is 0 Å². The number of amides is 1. The van der Waals surface area contributed by atoms with Gasteiger partial charge in [-0.3, -0.25) is 9.79 Å². The van der Waals surface area contributed by atoms with Gasteiger partial charge in [-0.05, 0) is 32.4 Å². The molecular formula is C18H31IN4O3. The van der Waals surface area contributed by atoms with Crippen molar-refractivity contribution in [2.75, 3.05) is 39.9 Å². The van der Waals surface area contributed by atoms with Crippen LogP contribution in [0.4, 0.5) is 0 Å². The van der Waals surface area contributed by atoms with Crippen LogP contribution in [0.15, 0.2) is 27.8 Å². The van der Waals surface area contributed by atoms with Crippen LogP contribution in [0.1, 0.15) is 26.0 Å². The number of aliphatic imine (C=N–C) groups is 1. The summed E-state index contributed by atoms with van der Waals surface area (Å²) in [6.07, 6.45) is 3.52. The van der Waals surface area contributed by atoms with Crippen LogP contribution in [-0.4, -0.2) is 51.8 Å². The number of nitrogens with one attached hydrogen (secondary N) is 3. The molecular weight excluding hydrogens is 447 g/mol. The van der Waals surface area contributed by atoms with Gasteiger partial charge in [0, 0.05) is 39.1 Å². The summed E-state index contributed by atoms with van der Waals surface area (Å²) in [7, 11) is 1.65. The maximum absolute atomic E-state index is 11.9. The molecule has 1 saturated heterocycles. The SMILES string of the molecule is CNC(=O)C(C)(C)CN=C(NCCc1ccco1)NCC1CCOC1.I. The number of hydrogen-bond donors (Lipinski definition) is 3. The summed E-state index contributed by atoms with van der Waals surface area (Å²) in [5, 5.41) is 9.38. The molecule has 0 aromatic carbocycles. The summed E-state index contributed by atoms with van der Waals surface area (Å²) in [6, 6.07) is 3.84. The average molecular weight is 478 g/mol. The number of furan rings is 1. The van der Waals surface area contributed by atoms with Gasteiger partial charge < -0.3 is 25.1 Å². The van der Waals surface area contributed by atoms with Crippen LogP contribution in [-0.2, 0) is 16.0 Å². The van der Waals surface area contributed by atoms with E-state index in [4.69, 9.17) is 9.15 Å². The Morgan fingerprint density at radius 1 is 1.38 bits per heavy atom. The molecule has 2 rings (SSSR count). The number of rotatable bonds is 8. The van der Waals surface area contributed by atoms with Crippen molar-refractivity contribution in [1.82, 2.24) is 16.0 Å². The second-order valence-electron chi connectivity index (χ2n) is 6.99. The van der Waals surface area contributed by atoms with E-state index in [-0.39, 0.29) is 29.9 Å². The molecule has 1 fully saturated rings. The maximum Gasteiger partial charge on any atom is 0.227 e. The van der Waals surface area contributed by atoms with Crippen LogP contribution in [0.5, 0.6) is 0 Å². The van der Waals surface area contributed by atoms with Gasteiger partial charge in [0.2, 0.25) is 5.91 Å². The highest BCUT2D eigenvalue weighted by Crippen LogP contribution is 2.15. The lowest BCUT2D eigenvalue weighted by Gasteiger charge is -2.21. The van der Waals surface area contributed by atoms with Crippen LogP contribution in [0, 0.1) is 11.3 Å². The van der Waals surface area contributed by atoms with Crippen molar-refractivity contribution in [3.63, 3.8) is 0 Å². The quantitative estimate of drug-likeness (QED) is 0.301. The molecule has 1 amide bonds. The van der Waals surface area contributed by atoms with E-state index in [2.05, 4.69) is 20.9 Å². The molecule has 3 N–H and O–H groups in total. The third kappa shape index (κ3) is 7.53. The van der Waals surface area contributed by atoms with Gasteiger partial charge in [0.1, 0.15) is 5.76 Å². The third-order valence-electron chi connectivity index (χ3n) is 4.30. The maximum atomic E-state index is 11.9. The zero-order chi connectivity index (χ0) is 18.1. The van der Waals surface area contributed by atoms with Gasteiger partial charge in [-0.25, -0.2) is 0 Å². The Morgan fingerprint density at radius 3 is 2.81 bits per heavy atom. The number of ether oxygens (including phenoxy) is 1. The molecule has 1 aromatic rings. The largest absolute Gasteiger partial charge is 0.469 e. The second-order valence-corrected chi connectivity index (χ2v) is 6.99. The molecule has 26 heavy (non-hydrogen) atoms. The molecule has 2 heterocycles. The van der Waals surface area contributed by atoms with Crippen molar-refractivity contribution in [3.05, 3.63) is 24.2 Å². The summed E-state index contributed by atoms with van der Waals surface area (Å²) in [4.78, 5) is 16.5. The smallest absolute Gasteiger partial charge is 0.227 e. The van der Waals surface area contributed by atoms with E-state index in [9.17, 15) is 4.79 Å². The molecule has 0 spiro atoms. The van der Waals surface area contributed by atoms with Crippen molar-refractivity contribution < 1.29 is 13.9 Å². The summed E-state index contributed by atoms with van der Waals surface area (Å²) >= 11 is 0. The molecule has 1 aliphatic heterocycles. The minimum Gasteiger partial charge on any atom is -0.469 e. The normalized spacial score (nSPS) is 17.5. The first-order valence-corrected chi connectivity index (χ1v) is 8.86. The van der Waals surface area contributed by atoms with Gasteiger partial charge >= 0.3 is 0 Å². The molecule has 8 heteroatoms. The Morgan fingerprint density at radius 2 is 2.19 bits per heavy atom. The van der Waals surface area contributed by atoms with E-state index in [1.165, 1.54) is 0 Å². The highest BCUT2D eigenvalue weighted by Gasteiger charge is 2.26. The lowest BCUT2D eigenvalue weighted by atomic mass is 9.93. The Bertz CT molecular complexity index is 555. The van der Waals surface area contributed by atoms with Crippen molar-refractivity contribution in [3.8, 4) is 0 Å². The van der Waals surface area contributed by atoms with Gasteiger partial charge in [0.25, 0.3) is 0 Å². The van der Waals surface area contributed by atoms with E-state index >= 15 is 0 Å². The molecule has 148 valence electrons. The predicted molar refractivity (Wildman–Crippen MR) is 113 cm³/mol. The molecule has 1 aliphatic rings. The third-order valence-corrected chi connectivity index (χ3v) is 4.30. The van der Waals surface area contributed by atoms with E-state index < -0.39 is 5.41 Å². The Labute approximate surface area is 172 Å². The van der Waals surface area contributed by atoms with E-state index in [1.807, 2.05) is 26.0 Å². The molecule has 0 saturated carbocycles. The molecule has 0 radical (unpaired) electrons. The average Bonchev–Trinajstić information content (AvgIpc) is 3.29. The van der Waals surface area contributed by atoms with Crippen LogP contribution in [0.3, 0.4) is 0 Å². The fourth-order valence-electron chi connectivity index (χ4n) is 2.61. The zero-order valence-corrected chi connectivity index (χ0v) is 18.2. The first kappa shape index (κ1) is 22.8. The van der Waals surface area contributed by atoms with Gasteiger partial charge in [0.05, 0.1) is 24.8 Å². The fourth-order valence-corrected chi connectivity index (χ4v) is 2.61. The summed E-state index contributed by atoms with van der Waals surface area (Å²) in [5.41, 5.74) is -0.555. The summed E-state index contributed by atoms with van der Waals surface area (Å²) in [6.45, 7) is 7.32. The number of carbonyl (C=O) groups excluding carboxylic acids is 1. The minimum absolute atomic E-state index is 0. The molecule has 7 nitrogen and oxygen atoms in total. The Hall–Kier alpha value is -1.29. The highest BCUT2D eigenvalue weighted by molar-refractivity contribution is 14.0. The van der Waals surface area contributed by atoms with Crippen molar-refractivity contribution in [2.45, 2.75) is 26.7 Å². The lowest BCUT2D eigenvalue weighted by Crippen LogP contribution is -2.43. The number of guanidine groups is 1. The second kappa shape index (κ2) is 11.4. The highest BCUT2D eigenvalue weighted by atomic mass is 127. The number of carbonyl (C=O) groups is 1. The standard InChI is InChI=1S/C18H30N4O3.HI/c1-18(2,16(23)19-3)13-22-17(21-11-14-7-10-24-12-14)20-8-6-15-5-4-9-25-15;/h4-5,9,14H,6-8,10-13H2,1-3H3,(H,19,23)(H2,20,21,22);1H. The topological polar surface area (TPSA) is 87.9 Å². The van der Waals surface area contributed by atoms with Gasteiger partial charge in [0.15, 0.2) is 5.96 Å². The zero-order valence-electron chi connectivity index (χ0n) is 15.8. The summed E-state index contributed by atoms with van der Waals surface area (Å²) in [5.74, 6) is 2.14. The molecule has 0 aliphatic carbocycles. The Balaban J connectivity index is 0.00000338. The predicted octanol–water partition coefficient (Wildman–Crippen LogP) is 1.78. The van der Waals surface area contributed by atoms with Crippen LogP contribution >= 0.6 is 24.0 Å². The van der Waals surface area contributed by atoms with Crippen molar-refractivity contribution >= 4 is 35.8 Å². The molecule has 0 bridgehead atoms. The van der Waals surface area contributed by atoms with Gasteiger partial charge in [-0.1, -0.05) is 0 Å². The lowest BCUT2D eigenvalue weighted by molar-refractivity contribution is -0.128. The van der Waals surface area contributed by atoms with Gasteiger partial charge in [-0.15, -0.1) is 24.0 Å². The first-order chi connectivity index (χ1) is 12.0. The molecule has 1 unspecified atom stereocenters. The number of hydrogen-bond acceptors (Lipinski definition) is 4.